The van der Waals surface area contributed by atoms with Crippen LogP contribution in [0.5, 0.6) is 0 Å². The lowest BCUT2D eigenvalue weighted by molar-refractivity contribution is 0.00313. The number of aliphatic hydroxyl groups is 2. The second kappa shape index (κ2) is 5.53. The third-order valence-electron chi connectivity index (χ3n) is 2.41. The van der Waals surface area contributed by atoms with Crippen LogP contribution in [0.2, 0.25) is 5.02 Å². The van der Waals surface area contributed by atoms with E-state index in [0.717, 1.165) is 0 Å². The SMILES string of the molecule is CCn1cc(Cl)cc1C(=O)NCC(C)(O)CO. The molecule has 6 heteroatoms. The molecule has 1 amide bonds. The van der Waals surface area contributed by atoms with Crippen molar-refractivity contribution in [2.75, 3.05) is 13.2 Å². The average Bonchev–Trinajstić information content (AvgIpc) is 2.67. The van der Waals surface area contributed by atoms with Crippen molar-refractivity contribution in [1.82, 2.24) is 9.88 Å². The van der Waals surface area contributed by atoms with Crippen LogP contribution in [0, 0.1) is 0 Å². The summed E-state index contributed by atoms with van der Waals surface area (Å²) >= 11 is 5.82. The molecule has 1 heterocycles. The van der Waals surface area contributed by atoms with E-state index in [9.17, 15) is 9.90 Å². The number of hydrogen-bond donors (Lipinski definition) is 3. The molecule has 5 nitrogen and oxygen atoms in total. The van der Waals surface area contributed by atoms with Crippen molar-refractivity contribution in [3.8, 4) is 0 Å². The fraction of sp³-hybridized carbons (Fsp3) is 0.545. The van der Waals surface area contributed by atoms with Gasteiger partial charge >= 0.3 is 0 Å². The molecule has 1 rings (SSSR count). The molecule has 1 aromatic heterocycles. The average molecular weight is 261 g/mol. The van der Waals surface area contributed by atoms with Gasteiger partial charge in [0.2, 0.25) is 0 Å². The summed E-state index contributed by atoms with van der Waals surface area (Å²) in [5, 5.41) is 21.4. The highest BCUT2D eigenvalue weighted by Crippen LogP contribution is 2.14. The maximum absolute atomic E-state index is 11.8. The molecule has 0 aliphatic carbocycles. The van der Waals surface area contributed by atoms with Crippen molar-refractivity contribution >= 4 is 17.5 Å². The zero-order chi connectivity index (χ0) is 13.1. The second-order valence-corrected chi connectivity index (χ2v) is 4.60. The molecule has 0 spiro atoms. The Morgan fingerprint density at radius 3 is 2.82 bits per heavy atom. The van der Waals surface area contributed by atoms with Crippen LogP contribution in [0.25, 0.3) is 0 Å². The van der Waals surface area contributed by atoms with Crippen molar-refractivity contribution in [3.63, 3.8) is 0 Å². The van der Waals surface area contributed by atoms with Gasteiger partial charge in [0.15, 0.2) is 0 Å². The first-order chi connectivity index (χ1) is 7.89. The number of aliphatic hydroxyl groups excluding tert-OH is 1. The molecule has 0 fully saturated rings. The molecule has 0 saturated carbocycles. The third kappa shape index (κ3) is 3.73. The highest BCUT2D eigenvalue weighted by molar-refractivity contribution is 6.31. The monoisotopic (exact) mass is 260 g/mol. The van der Waals surface area contributed by atoms with Crippen molar-refractivity contribution in [3.05, 3.63) is 23.0 Å². The van der Waals surface area contributed by atoms with E-state index < -0.39 is 12.2 Å². The number of halogens is 1. The largest absolute Gasteiger partial charge is 0.393 e. The zero-order valence-corrected chi connectivity index (χ0v) is 10.7. The van der Waals surface area contributed by atoms with E-state index in [-0.39, 0.29) is 12.5 Å². The van der Waals surface area contributed by atoms with Gasteiger partial charge < -0.3 is 20.1 Å². The van der Waals surface area contributed by atoms with E-state index in [1.54, 1.807) is 16.8 Å². The fourth-order valence-electron chi connectivity index (χ4n) is 1.34. The lowest BCUT2D eigenvalue weighted by Crippen LogP contribution is -2.43. The highest BCUT2D eigenvalue weighted by Gasteiger charge is 2.21. The number of nitrogens with one attached hydrogen (secondary N) is 1. The maximum Gasteiger partial charge on any atom is 0.268 e. The summed E-state index contributed by atoms with van der Waals surface area (Å²) in [4.78, 5) is 11.8. The maximum atomic E-state index is 11.8. The Kier molecular flexibility index (Phi) is 4.56. The summed E-state index contributed by atoms with van der Waals surface area (Å²) in [6.07, 6.45) is 1.67. The molecule has 0 bridgehead atoms. The molecular weight excluding hydrogens is 244 g/mol. The van der Waals surface area contributed by atoms with Crippen LogP contribution in [-0.2, 0) is 6.54 Å². The number of carbonyl (C=O) groups is 1. The van der Waals surface area contributed by atoms with Crippen molar-refractivity contribution in [2.45, 2.75) is 26.0 Å². The van der Waals surface area contributed by atoms with Gasteiger partial charge in [0.05, 0.1) is 11.6 Å². The van der Waals surface area contributed by atoms with Crippen LogP contribution in [0.3, 0.4) is 0 Å². The molecule has 1 atom stereocenters. The highest BCUT2D eigenvalue weighted by atomic mass is 35.5. The standard InChI is InChI=1S/C11H17ClN2O3/c1-3-14-5-8(12)4-9(14)10(16)13-6-11(2,17)7-15/h4-5,15,17H,3,6-7H2,1-2H3,(H,13,16). The first kappa shape index (κ1) is 14.0. The molecular formula is C11H17ClN2O3. The van der Waals surface area contributed by atoms with Gasteiger partial charge in [0.1, 0.15) is 11.3 Å². The van der Waals surface area contributed by atoms with Crippen LogP contribution < -0.4 is 5.32 Å². The first-order valence-corrected chi connectivity index (χ1v) is 5.74. The third-order valence-corrected chi connectivity index (χ3v) is 2.61. The molecule has 3 N–H and O–H groups in total. The van der Waals surface area contributed by atoms with E-state index in [1.165, 1.54) is 6.92 Å². The lowest BCUT2D eigenvalue weighted by Gasteiger charge is -2.20. The predicted octanol–water partition coefficient (Wildman–Crippen LogP) is 0.634. The summed E-state index contributed by atoms with van der Waals surface area (Å²) < 4.78 is 1.71. The van der Waals surface area contributed by atoms with Gasteiger partial charge in [-0.15, -0.1) is 0 Å². The Labute approximate surface area is 105 Å². The minimum atomic E-state index is -1.32. The summed E-state index contributed by atoms with van der Waals surface area (Å²) in [6, 6.07) is 1.56. The van der Waals surface area contributed by atoms with Crippen LogP contribution in [0.1, 0.15) is 24.3 Å². The number of nitrogens with zero attached hydrogens (tertiary/aromatic N) is 1. The fourth-order valence-corrected chi connectivity index (χ4v) is 1.57. The molecule has 17 heavy (non-hydrogen) atoms. The first-order valence-electron chi connectivity index (χ1n) is 5.36. The number of aromatic nitrogens is 1. The number of rotatable bonds is 5. The summed E-state index contributed by atoms with van der Waals surface area (Å²) in [5.74, 6) is -0.326. The Morgan fingerprint density at radius 2 is 2.29 bits per heavy atom. The Balaban J connectivity index is 2.70. The minimum absolute atomic E-state index is 0.0190. The molecule has 0 aliphatic rings. The lowest BCUT2D eigenvalue weighted by atomic mass is 10.1. The van der Waals surface area contributed by atoms with Crippen molar-refractivity contribution < 1.29 is 15.0 Å². The summed E-state index contributed by atoms with van der Waals surface area (Å²) in [7, 11) is 0. The Morgan fingerprint density at radius 1 is 1.65 bits per heavy atom. The zero-order valence-electron chi connectivity index (χ0n) is 9.90. The van der Waals surface area contributed by atoms with Crippen LogP contribution >= 0.6 is 11.6 Å². The second-order valence-electron chi connectivity index (χ2n) is 4.17. The van der Waals surface area contributed by atoms with E-state index in [2.05, 4.69) is 5.32 Å². The number of carbonyl (C=O) groups excluding carboxylic acids is 1. The van der Waals surface area contributed by atoms with Crippen LogP contribution in [0.4, 0.5) is 0 Å². The molecule has 1 unspecified atom stereocenters. The Hall–Kier alpha value is -1.04. The molecule has 0 aromatic carbocycles. The van der Waals surface area contributed by atoms with Gasteiger partial charge in [-0.25, -0.2) is 0 Å². The van der Waals surface area contributed by atoms with Crippen LogP contribution in [0.15, 0.2) is 12.3 Å². The van der Waals surface area contributed by atoms with Gasteiger partial charge in [-0.3, -0.25) is 4.79 Å². The Bertz CT molecular complexity index is 401. The molecule has 1 aromatic rings. The summed E-state index contributed by atoms with van der Waals surface area (Å²) in [5.41, 5.74) is -0.880. The van der Waals surface area contributed by atoms with Crippen molar-refractivity contribution in [2.24, 2.45) is 0 Å². The van der Waals surface area contributed by atoms with E-state index in [4.69, 9.17) is 16.7 Å². The number of amides is 1. The molecule has 96 valence electrons. The van der Waals surface area contributed by atoms with E-state index >= 15 is 0 Å². The molecule has 0 saturated heterocycles. The van der Waals surface area contributed by atoms with Gasteiger partial charge in [0, 0.05) is 19.3 Å². The van der Waals surface area contributed by atoms with Gasteiger partial charge in [-0.1, -0.05) is 11.6 Å². The summed E-state index contributed by atoms with van der Waals surface area (Å²) in [6.45, 7) is 3.54. The topological polar surface area (TPSA) is 74.5 Å². The van der Waals surface area contributed by atoms with Crippen LogP contribution in [-0.4, -0.2) is 39.4 Å². The van der Waals surface area contributed by atoms with Gasteiger partial charge in [-0.05, 0) is 19.9 Å². The quantitative estimate of drug-likeness (QED) is 0.727. The molecule has 0 aliphatic heterocycles. The normalized spacial score (nSPS) is 14.4. The van der Waals surface area contributed by atoms with E-state index in [1.807, 2.05) is 6.92 Å². The minimum Gasteiger partial charge on any atom is -0.393 e. The van der Waals surface area contributed by atoms with Gasteiger partial charge in [-0.2, -0.15) is 0 Å². The number of aryl methyl sites for hydroxylation is 1. The predicted molar refractivity (Wildman–Crippen MR) is 65.2 cm³/mol. The van der Waals surface area contributed by atoms with E-state index in [0.29, 0.717) is 17.3 Å². The smallest absolute Gasteiger partial charge is 0.268 e. The molecule has 0 radical (unpaired) electrons. The number of hydrogen-bond acceptors (Lipinski definition) is 3. The van der Waals surface area contributed by atoms with Crippen molar-refractivity contribution in [1.29, 1.82) is 0 Å². The van der Waals surface area contributed by atoms with Gasteiger partial charge in [0.25, 0.3) is 5.91 Å².